The summed E-state index contributed by atoms with van der Waals surface area (Å²) in [5.41, 5.74) is -1.29. The molecule has 36 heavy (non-hydrogen) atoms. The van der Waals surface area contributed by atoms with E-state index in [1.54, 1.807) is 4.68 Å². The molecule has 196 valence electrons. The molecule has 6 nitrogen and oxygen atoms in total. The number of fused-ring (bicyclic) bond motifs is 3. The summed E-state index contributed by atoms with van der Waals surface area (Å²) in [6.45, 7) is 7.56. The molecule has 1 saturated heterocycles. The number of likely N-dealkylation sites (tertiary alicyclic amines) is 1. The van der Waals surface area contributed by atoms with Crippen molar-refractivity contribution in [2.45, 2.75) is 77.1 Å². The summed E-state index contributed by atoms with van der Waals surface area (Å²) in [6, 6.07) is 2.74. The quantitative estimate of drug-likeness (QED) is 0.492. The monoisotopic (exact) mass is 508 g/mol. The largest absolute Gasteiger partial charge is 0.444 e. The van der Waals surface area contributed by atoms with Crippen LogP contribution in [0.2, 0.25) is 0 Å². The van der Waals surface area contributed by atoms with Gasteiger partial charge >= 0.3 is 12.3 Å². The maximum absolute atomic E-state index is 14.8. The highest BCUT2D eigenvalue weighted by molar-refractivity contribution is 5.68. The van der Waals surface area contributed by atoms with Gasteiger partial charge in [0.15, 0.2) is 5.82 Å². The molecule has 2 unspecified atom stereocenters. The van der Waals surface area contributed by atoms with Crippen LogP contribution in [-0.4, -0.2) is 44.4 Å². The van der Waals surface area contributed by atoms with Gasteiger partial charge < -0.3 is 9.64 Å². The lowest BCUT2D eigenvalue weighted by Gasteiger charge is -2.38. The van der Waals surface area contributed by atoms with Crippen LogP contribution in [0.1, 0.15) is 75.1 Å². The van der Waals surface area contributed by atoms with Gasteiger partial charge in [0.1, 0.15) is 17.2 Å². The molecular formula is C26H32F4N4O2. The molecule has 2 fully saturated rings. The highest BCUT2D eigenvalue weighted by Crippen LogP contribution is 2.44. The lowest BCUT2D eigenvalue weighted by Crippen LogP contribution is -2.47. The fourth-order valence-corrected chi connectivity index (χ4v) is 6.12. The molecule has 1 saturated carbocycles. The van der Waals surface area contributed by atoms with Crippen LogP contribution in [0.15, 0.2) is 18.2 Å². The molecular weight excluding hydrogens is 476 g/mol. The Kier molecular flexibility index (Phi) is 6.27. The summed E-state index contributed by atoms with van der Waals surface area (Å²) < 4.78 is 61.1. The Morgan fingerprint density at radius 2 is 1.81 bits per heavy atom. The minimum absolute atomic E-state index is 0.230. The molecule has 0 radical (unpaired) electrons. The van der Waals surface area contributed by atoms with Gasteiger partial charge in [0, 0.05) is 32.0 Å². The molecule has 1 aromatic heterocycles. The second-order valence-corrected chi connectivity index (χ2v) is 11.4. The number of hydrogen-bond donors (Lipinski definition) is 0. The third kappa shape index (κ3) is 4.95. The molecule has 3 aliphatic rings. The van der Waals surface area contributed by atoms with E-state index >= 15 is 0 Å². The maximum Gasteiger partial charge on any atom is 0.416 e. The Morgan fingerprint density at radius 3 is 2.42 bits per heavy atom. The van der Waals surface area contributed by atoms with Gasteiger partial charge in [-0.1, -0.05) is 6.07 Å². The minimum atomic E-state index is -4.59. The summed E-state index contributed by atoms with van der Waals surface area (Å²) in [7, 11) is 0. The summed E-state index contributed by atoms with van der Waals surface area (Å²) in [6.07, 6.45) is -0.726. The number of halogens is 4. The highest BCUT2D eigenvalue weighted by Gasteiger charge is 2.44. The summed E-state index contributed by atoms with van der Waals surface area (Å²) in [5.74, 6) is 1.08. The van der Waals surface area contributed by atoms with E-state index in [4.69, 9.17) is 14.8 Å². The summed E-state index contributed by atoms with van der Waals surface area (Å²) in [4.78, 5) is 19.2. The zero-order valence-corrected chi connectivity index (χ0v) is 20.8. The van der Waals surface area contributed by atoms with Crippen molar-refractivity contribution in [3.8, 4) is 0 Å². The Labute approximate surface area is 208 Å². The smallest absolute Gasteiger partial charge is 0.416 e. The van der Waals surface area contributed by atoms with E-state index in [0.29, 0.717) is 67.9 Å². The molecule has 0 N–H and O–H groups in total. The number of benzene rings is 1. The van der Waals surface area contributed by atoms with Crippen LogP contribution >= 0.6 is 0 Å². The van der Waals surface area contributed by atoms with E-state index in [-0.39, 0.29) is 11.7 Å². The number of carbonyl (C=O) groups is 1. The van der Waals surface area contributed by atoms with Crippen LogP contribution in [0.25, 0.3) is 0 Å². The van der Waals surface area contributed by atoms with Gasteiger partial charge in [-0.15, -0.1) is 0 Å². The van der Waals surface area contributed by atoms with Crippen molar-refractivity contribution in [2.24, 2.45) is 17.8 Å². The number of carbonyl (C=O) groups excluding carboxylic acids is 1. The molecule has 2 bridgehead atoms. The van der Waals surface area contributed by atoms with Crippen LogP contribution < -0.4 is 0 Å². The van der Waals surface area contributed by atoms with Crippen molar-refractivity contribution >= 4 is 6.09 Å². The fraction of sp³-hybridized carbons (Fsp3) is 0.654. The summed E-state index contributed by atoms with van der Waals surface area (Å²) in [5, 5.41) is 4.70. The number of piperidine rings is 1. The van der Waals surface area contributed by atoms with Crippen LogP contribution in [0.3, 0.4) is 0 Å². The van der Waals surface area contributed by atoms with E-state index in [9.17, 15) is 22.4 Å². The number of alkyl halides is 3. The molecule has 2 aromatic rings. The predicted molar refractivity (Wildman–Crippen MR) is 124 cm³/mol. The number of aryl methyl sites for hydroxylation is 1. The molecule has 1 amide bonds. The molecule has 2 aliphatic heterocycles. The van der Waals surface area contributed by atoms with Crippen LogP contribution in [0.5, 0.6) is 0 Å². The highest BCUT2D eigenvalue weighted by atomic mass is 19.4. The number of hydrogen-bond acceptors (Lipinski definition) is 4. The van der Waals surface area contributed by atoms with E-state index in [1.165, 1.54) is 6.07 Å². The maximum atomic E-state index is 14.8. The standard InChI is InChI=1S/C26H32F4N4O2/c1-25(2,3)36-24(35)33-13-15-6-7-16(14-33)20(15)12-22-31-23-19(5-4-10-34(23)32-22)18-9-8-17(11-21(18)27)26(28,29)30/h8-9,11,15-16,19-20H,4-7,10,12-14H2,1-3H3/t15-,16+,19?,20?. The fourth-order valence-electron chi connectivity index (χ4n) is 6.12. The molecule has 5 rings (SSSR count). The molecule has 4 atom stereocenters. The number of nitrogens with zero attached hydrogens (tertiary/aromatic N) is 4. The van der Waals surface area contributed by atoms with Crippen molar-refractivity contribution in [2.75, 3.05) is 13.1 Å². The zero-order chi connectivity index (χ0) is 25.8. The van der Waals surface area contributed by atoms with Crippen molar-refractivity contribution in [1.29, 1.82) is 0 Å². The molecule has 1 aliphatic carbocycles. The van der Waals surface area contributed by atoms with Crippen molar-refractivity contribution in [3.63, 3.8) is 0 Å². The van der Waals surface area contributed by atoms with Crippen molar-refractivity contribution < 1.29 is 27.1 Å². The third-order valence-electron chi connectivity index (χ3n) is 7.72. The Balaban J connectivity index is 1.31. The Hall–Kier alpha value is -2.65. The number of aromatic nitrogens is 3. The average Bonchev–Trinajstić information content (AvgIpc) is 3.28. The average molecular weight is 509 g/mol. The van der Waals surface area contributed by atoms with Gasteiger partial charge in [-0.3, -0.25) is 0 Å². The number of rotatable bonds is 3. The van der Waals surface area contributed by atoms with Gasteiger partial charge in [-0.05, 0) is 81.9 Å². The van der Waals surface area contributed by atoms with Crippen molar-refractivity contribution in [3.05, 3.63) is 46.8 Å². The number of amides is 1. The number of ether oxygens (including phenoxy) is 1. The lowest BCUT2D eigenvalue weighted by molar-refractivity contribution is -0.137. The molecule has 0 spiro atoms. The predicted octanol–water partition coefficient (Wildman–Crippen LogP) is 5.80. The SMILES string of the molecule is CC(C)(C)OC(=O)N1C[C@H]2CC[C@@H](C1)C2Cc1nc2n(n1)CCCC2c1ccc(C(F)(F)F)cc1F. The van der Waals surface area contributed by atoms with E-state index < -0.39 is 29.1 Å². The second-order valence-electron chi connectivity index (χ2n) is 11.4. The van der Waals surface area contributed by atoms with Gasteiger partial charge in [-0.2, -0.15) is 18.3 Å². The van der Waals surface area contributed by atoms with Crippen molar-refractivity contribution in [1.82, 2.24) is 19.7 Å². The first-order valence-corrected chi connectivity index (χ1v) is 12.7. The minimum Gasteiger partial charge on any atom is -0.444 e. The van der Waals surface area contributed by atoms with E-state index in [1.807, 2.05) is 25.7 Å². The molecule has 1 aromatic carbocycles. The Bertz CT molecular complexity index is 1130. The van der Waals surface area contributed by atoms with Gasteiger partial charge in [0.2, 0.25) is 0 Å². The van der Waals surface area contributed by atoms with Crippen LogP contribution in [0, 0.1) is 23.6 Å². The summed E-state index contributed by atoms with van der Waals surface area (Å²) >= 11 is 0. The Morgan fingerprint density at radius 1 is 1.11 bits per heavy atom. The molecule has 3 heterocycles. The van der Waals surface area contributed by atoms with Gasteiger partial charge in [-0.25, -0.2) is 18.9 Å². The van der Waals surface area contributed by atoms with E-state index in [2.05, 4.69) is 0 Å². The van der Waals surface area contributed by atoms with Gasteiger partial charge in [0.25, 0.3) is 0 Å². The first kappa shape index (κ1) is 25.0. The lowest BCUT2D eigenvalue weighted by atomic mass is 9.82. The zero-order valence-electron chi connectivity index (χ0n) is 20.8. The van der Waals surface area contributed by atoms with E-state index in [0.717, 1.165) is 25.3 Å². The van der Waals surface area contributed by atoms with Crippen LogP contribution in [-0.2, 0) is 23.9 Å². The second kappa shape index (κ2) is 9.03. The topological polar surface area (TPSA) is 60.2 Å². The first-order valence-electron chi connectivity index (χ1n) is 12.7. The normalized spacial score (nSPS) is 26.1. The third-order valence-corrected chi connectivity index (χ3v) is 7.72. The first-order chi connectivity index (χ1) is 16.9. The molecule has 10 heteroatoms. The van der Waals surface area contributed by atoms with Crippen LogP contribution in [0.4, 0.5) is 22.4 Å². The van der Waals surface area contributed by atoms with Gasteiger partial charge in [0.05, 0.1) is 5.56 Å².